The molecule has 0 radical (unpaired) electrons. The van der Waals surface area contributed by atoms with Gasteiger partial charge < -0.3 is 10.5 Å². The summed E-state index contributed by atoms with van der Waals surface area (Å²) in [4.78, 5) is 0. The van der Waals surface area contributed by atoms with Gasteiger partial charge in [0.2, 0.25) is 0 Å². The van der Waals surface area contributed by atoms with Crippen LogP contribution in [0, 0.1) is 12.8 Å². The van der Waals surface area contributed by atoms with Crippen LogP contribution in [-0.2, 0) is 0 Å². The van der Waals surface area contributed by atoms with Crippen molar-refractivity contribution >= 4 is 0 Å². The molecule has 2 N–H and O–H groups in total. The second kappa shape index (κ2) is 4.27. The Morgan fingerprint density at radius 2 is 2.17 bits per heavy atom. The first-order chi connectivity index (χ1) is 8.56. The van der Waals surface area contributed by atoms with E-state index in [0.717, 1.165) is 24.5 Å². The van der Waals surface area contributed by atoms with Gasteiger partial charge >= 0.3 is 0 Å². The minimum Gasteiger partial charge on any atom is -0.487 e. The predicted molar refractivity (Wildman–Crippen MR) is 73.7 cm³/mol. The molecule has 1 aliphatic heterocycles. The van der Waals surface area contributed by atoms with Crippen molar-refractivity contribution in [1.82, 2.24) is 0 Å². The highest BCUT2D eigenvalue weighted by Crippen LogP contribution is 2.44. The molecule has 1 fully saturated rings. The van der Waals surface area contributed by atoms with Crippen molar-refractivity contribution in [2.75, 3.05) is 0 Å². The maximum absolute atomic E-state index is 6.35. The van der Waals surface area contributed by atoms with Crippen LogP contribution in [0.5, 0.6) is 5.75 Å². The second-order valence-corrected chi connectivity index (χ2v) is 6.40. The summed E-state index contributed by atoms with van der Waals surface area (Å²) in [5.74, 6) is 1.86. The van der Waals surface area contributed by atoms with Crippen LogP contribution in [0.4, 0.5) is 0 Å². The fourth-order valence-corrected chi connectivity index (χ4v) is 3.37. The van der Waals surface area contributed by atoms with Crippen LogP contribution in [0.2, 0.25) is 0 Å². The standard InChI is InChI=1S/C16H23NO/c1-11-6-7-15-13(8-11)14(17)10-16(2,18-15)9-12-4-3-5-12/h6-8,12,14H,3-5,9-10,17H2,1-2H3. The van der Waals surface area contributed by atoms with Crippen molar-refractivity contribution in [2.45, 2.75) is 57.6 Å². The third-order valence-corrected chi connectivity index (χ3v) is 4.52. The Labute approximate surface area is 110 Å². The van der Waals surface area contributed by atoms with Crippen molar-refractivity contribution in [3.05, 3.63) is 29.3 Å². The molecule has 2 unspecified atom stereocenters. The largest absolute Gasteiger partial charge is 0.487 e. The summed E-state index contributed by atoms with van der Waals surface area (Å²) >= 11 is 0. The summed E-state index contributed by atoms with van der Waals surface area (Å²) in [5, 5.41) is 0. The fourth-order valence-electron chi connectivity index (χ4n) is 3.37. The van der Waals surface area contributed by atoms with E-state index in [1.165, 1.54) is 30.4 Å². The van der Waals surface area contributed by atoms with Crippen molar-refractivity contribution in [3.8, 4) is 5.75 Å². The summed E-state index contributed by atoms with van der Waals surface area (Å²) in [6.07, 6.45) is 6.24. The van der Waals surface area contributed by atoms with Gasteiger partial charge in [-0.2, -0.15) is 0 Å². The van der Waals surface area contributed by atoms with E-state index in [1.54, 1.807) is 0 Å². The topological polar surface area (TPSA) is 35.2 Å². The Morgan fingerprint density at radius 3 is 2.83 bits per heavy atom. The highest BCUT2D eigenvalue weighted by Gasteiger charge is 2.38. The lowest BCUT2D eigenvalue weighted by molar-refractivity contribution is 0.0171. The highest BCUT2D eigenvalue weighted by molar-refractivity contribution is 5.41. The van der Waals surface area contributed by atoms with Crippen molar-refractivity contribution < 1.29 is 4.74 Å². The molecule has 0 bridgehead atoms. The molecule has 18 heavy (non-hydrogen) atoms. The van der Waals surface area contributed by atoms with Crippen LogP contribution in [0.25, 0.3) is 0 Å². The lowest BCUT2D eigenvalue weighted by Crippen LogP contribution is -2.42. The normalized spacial score (nSPS) is 31.4. The van der Waals surface area contributed by atoms with E-state index in [4.69, 9.17) is 10.5 Å². The van der Waals surface area contributed by atoms with Gasteiger partial charge in [0, 0.05) is 18.0 Å². The lowest BCUT2D eigenvalue weighted by atomic mass is 9.74. The number of hydrogen-bond donors (Lipinski definition) is 1. The monoisotopic (exact) mass is 245 g/mol. The Morgan fingerprint density at radius 1 is 1.39 bits per heavy atom. The Kier molecular flexibility index (Phi) is 2.86. The third kappa shape index (κ3) is 2.14. The van der Waals surface area contributed by atoms with Crippen LogP contribution < -0.4 is 10.5 Å². The highest BCUT2D eigenvalue weighted by atomic mass is 16.5. The number of benzene rings is 1. The van der Waals surface area contributed by atoms with Crippen molar-refractivity contribution in [1.29, 1.82) is 0 Å². The molecule has 1 aromatic rings. The van der Waals surface area contributed by atoms with Gasteiger partial charge in [-0.05, 0) is 32.3 Å². The zero-order chi connectivity index (χ0) is 12.8. The average molecular weight is 245 g/mol. The molecular weight excluding hydrogens is 222 g/mol. The Balaban J connectivity index is 1.83. The molecule has 98 valence electrons. The number of nitrogens with two attached hydrogens (primary N) is 1. The molecule has 1 aliphatic carbocycles. The number of rotatable bonds is 2. The van der Waals surface area contributed by atoms with Gasteiger partial charge in [0.1, 0.15) is 11.4 Å². The summed E-state index contributed by atoms with van der Waals surface area (Å²) in [5.41, 5.74) is 8.72. The summed E-state index contributed by atoms with van der Waals surface area (Å²) in [6, 6.07) is 6.49. The van der Waals surface area contributed by atoms with Gasteiger partial charge in [-0.3, -0.25) is 0 Å². The first-order valence-electron chi connectivity index (χ1n) is 7.11. The molecule has 1 aromatic carbocycles. The smallest absolute Gasteiger partial charge is 0.124 e. The van der Waals surface area contributed by atoms with Crippen LogP contribution in [0.1, 0.15) is 56.2 Å². The van der Waals surface area contributed by atoms with Crippen LogP contribution in [0.15, 0.2) is 18.2 Å². The molecule has 2 nitrogen and oxygen atoms in total. The van der Waals surface area contributed by atoms with Gasteiger partial charge in [-0.15, -0.1) is 0 Å². The van der Waals surface area contributed by atoms with E-state index in [1.807, 2.05) is 0 Å². The van der Waals surface area contributed by atoms with E-state index in [0.29, 0.717) is 0 Å². The molecule has 2 heteroatoms. The van der Waals surface area contributed by atoms with Crippen molar-refractivity contribution in [3.63, 3.8) is 0 Å². The van der Waals surface area contributed by atoms with Gasteiger partial charge in [-0.25, -0.2) is 0 Å². The zero-order valence-electron chi connectivity index (χ0n) is 11.4. The zero-order valence-corrected chi connectivity index (χ0v) is 11.4. The molecule has 0 saturated heterocycles. The quantitative estimate of drug-likeness (QED) is 0.861. The van der Waals surface area contributed by atoms with Gasteiger partial charge in [-0.1, -0.05) is 37.0 Å². The van der Waals surface area contributed by atoms with E-state index >= 15 is 0 Å². The predicted octanol–water partition coefficient (Wildman–Crippen LogP) is 3.73. The molecule has 0 spiro atoms. The molecular formula is C16H23NO. The SMILES string of the molecule is Cc1ccc2c(c1)C(N)CC(C)(CC1CCC1)O2. The molecule has 1 saturated carbocycles. The van der Waals surface area contributed by atoms with E-state index < -0.39 is 0 Å². The minimum absolute atomic E-state index is 0.0627. The third-order valence-electron chi connectivity index (χ3n) is 4.52. The average Bonchev–Trinajstić information content (AvgIpc) is 2.25. The molecule has 1 heterocycles. The van der Waals surface area contributed by atoms with Gasteiger partial charge in [0.15, 0.2) is 0 Å². The van der Waals surface area contributed by atoms with Crippen LogP contribution in [0.3, 0.4) is 0 Å². The van der Waals surface area contributed by atoms with E-state index in [9.17, 15) is 0 Å². The maximum Gasteiger partial charge on any atom is 0.124 e. The van der Waals surface area contributed by atoms with E-state index in [2.05, 4.69) is 32.0 Å². The summed E-state index contributed by atoms with van der Waals surface area (Å²) in [6.45, 7) is 4.34. The molecule has 0 aromatic heterocycles. The first kappa shape index (κ1) is 12.0. The van der Waals surface area contributed by atoms with Gasteiger partial charge in [0.05, 0.1) is 0 Å². The van der Waals surface area contributed by atoms with Crippen LogP contribution in [-0.4, -0.2) is 5.60 Å². The molecule has 0 amide bonds. The number of hydrogen-bond acceptors (Lipinski definition) is 2. The second-order valence-electron chi connectivity index (χ2n) is 6.40. The lowest BCUT2D eigenvalue weighted by Gasteiger charge is -2.42. The maximum atomic E-state index is 6.35. The van der Waals surface area contributed by atoms with Crippen molar-refractivity contribution in [2.24, 2.45) is 11.7 Å². The number of aryl methyl sites for hydroxylation is 1. The molecule has 2 aliphatic rings. The minimum atomic E-state index is -0.0627. The first-order valence-corrected chi connectivity index (χ1v) is 7.11. The Bertz CT molecular complexity index is 452. The number of fused-ring (bicyclic) bond motifs is 1. The van der Waals surface area contributed by atoms with Crippen LogP contribution >= 0.6 is 0 Å². The summed E-state index contributed by atoms with van der Waals surface area (Å²) < 4.78 is 6.27. The fraction of sp³-hybridized carbons (Fsp3) is 0.625. The molecule has 2 atom stereocenters. The van der Waals surface area contributed by atoms with Gasteiger partial charge in [0.25, 0.3) is 0 Å². The molecule has 3 rings (SSSR count). The van der Waals surface area contributed by atoms with E-state index in [-0.39, 0.29) is 11.6 Å². The summed E-state index contributed by atoms with van der Waals surface area (Å²) in [7, 11) is 0. The number of ether oxygens (including phenoxy) is 1. The Hall–Kier alpha value is -1.02.